The van der Waals surface area contributed by atoms with E-state index in [9.17, 15) is 9.90 Å². The molecule has 5 heteroatoms. The first-order valence-electron chi connectivity index (χ1n) is 6.86. The lowest BCUT2D eigenvalue weighted by atomic mass is 10.1. The van der Waals surface area contributed by atoms with E-state index in [2.05, 4.69) is 23.6 Å². The van der Waals surface area contributed by atoms with E-state index in [-0.39, 0.29) is 12.4 Å². The second-order valence-electron chi connectivity index (χ2n) is 4.90. The number of likely N-dealkylation sites (N-methyl/N-ethyl adjacent to an activating group) is 1. The van der Waals surface area contributed by atoms with Gasteiger partial charge in [-0.3, -0.25) is 14.6 Å². The fourth-order valence-electron chi connectivity index (χ4n) is 2.48. The molecule has 0 aromatic rings. The van der Waals surface area contributed by atoms with Gasteiger partial charge < -0.3 is 9.84 Å². The molecule has 0 radical (unpaired) electrons. The molecule has 2 unspecified atom stereocenters. The van der Waals surface area contributed by atoms with Crippen LogP contribution in [-0.4, -0.2) is 72.4 Å². The minimum absolute atomic E-state index is 0.0935. The number of piperazine rings is 1. The van der Waals surface area contributed by atoms with Gasteiger partial charge in [0.05, 0.1) is 19.1 Å². The van der Waals surface area contributed by atoms with E-state index in [1.165, 1.54) is 0 Å². The molecule has 0 spiro atoms. The number of esters is 1. The summed E-state index contributed by atoms with van der Waals surface area (Å²) in [6.45, 7) is 11.1. The number of aliphatic hydroxyl groups excluding tert-OH is 1. The maximum atomic E-state index is 11.2. The molecule has 1 rings (SSSR count). The van der Waals surface area contributed by atoms with E-state index in [1.54, 1.807) is 6.92 Å². The molecular formula is C13H26N2O3. The summed E-state index contributed by atoms with van der Waals surface area (Å²) in [6.07, 6.45) is -0.527. The van der Waals surface area contributed by atoms with Crippen molar-refractivity contribution < 1.29 is 14.6 Å². The van der Waals surface area contributed by atoms with Crippen molar-refractivity contribution in [3.63, 3.8) is 0 Å². The molecule has 1 aliphatic heterocycles. The summed E-state index contributed by atoms with van der Waals surface area (Å²) in [4.78, 5) is 15.9. The molecule has 1 fully saturated rings. The maximum Gasteiger partial charge on any atom is 0.308 e. The molecule has 0 aliphatic carbocycles. The highest BCUT2D eigenvalue weighted by Crippen LogP contribution is 2.10. The van der Waals surface area contributed by atoms with Crippen LogP contribution in [0.3, 0.4) is 0 Å². The number of aliphatic hydroxyl groups is 1. The van der Waals surface area contributed by atoms with Crippen molar-refractivity contribution in [2.45, 2.75) is 39.3 Å². The summed E-state index contributed by atoms with van der Waals surface area (Å²) in [6, 6.07) is 0.513. The lowest BCUT2D eigenvalue weighted by Crippen LogP contribution is -2.53. The average molecular weight is 258 g/mol. The zero-order valence-corrected chi connectivity index (χ0v) is 11.8. The summed E-state index contributed by atoms with van der Waals surface area (Å²) >= 11 is 0. The van der Waals surface area contributed by atoms with Gasteiger partial charge >= 0.3 is 5.97 Å². The SMILES string of the molecule is CCOC(=O)CC(O)CN1CCN(CC)C(C)C1. The second kappa shape index (κ2) is 7.71. The van der Waals surface area contributed by atoms with Crippen LogP contribution in [0.25, 0.3) is 0 Å². The van der Waals surface area contributed by atoms with Gasteiger partial charge in [0.15, 0.2) is 0 Å². The van der Waals surface area contributed by atoms with Gasteiger partial charge in [0.25, 0.3) is 0 Å². The molecular weight excluding hydrogens is 232 g/mol. The molecule has 0 aromatic carbocycles. The van der Waals surface area contributed by atoms with Crippen LogP contribution in [0.2, 0.25) is 0 Å². The number of rotatable bonds is 6. The van der Waals surface area contributed by atoms with Gasteiger partial charge in [0.1, 0.15) is 0 Å². The number of hydrogen-bond donors (Lipinski definition) is 1. The van der Waals surface area contributed by atoms with Gasteiger partial charge in [-0.05, 0) is 20.4 Å². The van der Waals surface area contributed by atoms with Gasteiger partial charge in [-0.2, -0.15) is 0 Å². The average Bonchev–Trinajstić information content (AvgIpc) is 2.29. The Balaban J connectivity index is 2.28. The van der Waals surface area contributed by atoms with Crippen LogP contribution in [0, 0.1) is 0 Å². The van der Waals surface area contributed by atoms with E-state index in [0.29, 0.717) is 19.2 Å². The normalized spacial score (nSPS) is 23.9. The highest BCUT2D eigenvalue weighted by atomic mass is 16.5. The Morgan fingerprint density at radius 2 is 2.17 bits per heavy atom. The van der Waals surface area contributed by atoms with Crippen molar-refractivity contribution in [2.75, 3.05) is 39.3 Å². The third-order valence-corrected chi connectivity index (χ3v) is 3.43. The molecule has 0 aromatic heterocycles. The second-order valence-corrected chi connectivity index (χ2v) is 4.90. The van der Waals surface area contributed by atoms with Crippen molar-refractivity contribution in [3.8, 4) is 0 Å². The van der Waals surface area contributed by atoms with Gasteiger partial charge in [-0.25, -0.2) is 0 Å². The topological polar surface area (TPSA) is 53.0 Å². The number of carbonyl (C=O) groups is 1. The van der Waals surface area contributed by atoms with Crippen molar-refractivity contribution in [3.05, 3.63) is 0 Å². The van der Waals surface area contributed by atoms with E-state index >= 15 is 0 Å². The van der Waals surface area contributed by atoms with Crippen LogP contribution >= 0.6 is 0 Å². The zero-order chi connectivity index (χ0) is 13.5. The van der Waals surface area contributed by atoms with Crippen LogP contribution in [-0.2, 0) is 9.53 Å². The number of nitrogens with zero attached hydrogens (tertiary/aromatic N) is 2. The molecule has 1 saturated heterocycles. The van der Waals surface area contributed by atoms with E-state index in [4.69, 9.17) is 4.74 Å². The number of β-amino-alcohol motifs (C(OH)–C–C–N with tert-alkyl or cyclic N) is 1. The van der Waals surface area contributed by atoms with Crippen molar-refractivity contribution in [1.82, 2.24) is 9.80 Å². The Hall–Kier alpha value is -0.650. The third kappa shape index (κ3) is 4.92. The van der Waals surface area contributed by atoms with E-state index in [0.717, 1.165) is 26.2 Å². The fraction of sp³-hybridized carbons (Fsp3) is 0.923. The summed E-state index contributed by atoms with van der Waals surface area (Å²) < 4.78 is 4.83. The molecule has 1 N–H and O–H groups in total. The van der Waals surface area contributed by atoms with Gasteiger partial charge in [0, 0.05) is 32.2 Å². The first kappa shape index (κ1) is 15.4. The molecule has 106 valence electrons. The first-order chi connectivity index (χ1) is 8.56. The van der Waals surface area contributed by atoms with E-state index < -0.39 is 6.10 Å². The Morgan fingerprint density at radius 1 is 1.44 bits per heavy atom. The number of carbonyl (C=O) groups excluding carboxylic acids is 1. The molecule has 0 saturated carbocycles. The van der Waals surface area contributed by atoms with Crippen LogP contribution in [0.4, 0.5) is 0 Å². The molecule has 1 aliphatic rings. The Bertz CT molecular complexity index is 261. The van der Waals surface area contributed by atoms with Crippen LogP contribution in [0.5, 0.6) is 0 Å². The van der Waals surface area contributed by atoms with Crippen molar-refractivity contribution in [2.24, 2.45) is 0 Å². The number of ether oxygens (including phenoxy) is 1. The maximum absolute atomic E-state index is 11.2. The monoisotopic (exact) mass is 258 g/mol. The minimum atomic E-state index is -0.621. The van der Waals surface area contributed by atoms with Crippen molar-refractivity contribution in [1.29, 1.82) is 0 Å². The largest absolute Gasteiger partial charge is 0.466 e. The van der Waals surface area contributed by atoms with Gasteiger partial charge in [0.2, 0.25) is 0 Å². The first-order valence-corrected chi connectivity index (χ1v) is 6.86. The molecule has 18 heavy (non-hydrogen) atoms. The van der Waals surface area contributed by atoms with Crippen LogP contribution in [0.15, 0.2) is 0 Å². The molecule has 5 nitrogen and oxygen atoms in total. The van der Waals surface area contributed by atoms with Crippen molar-refractivity contribution >= 4 is 5.97 Å². The predicted octanol–water partition coefficient (Wildman–Crippen LogP) is 0.327. The summed E-state index contributed by atoms with van der Waals surface area (Å²) in [5.41, 5.74) is 0. The standard InChI is InChI=1S/C13H26N2O3/c1-4-15-7-6-14(9-11(15)3)10-12(16)8-13(17)18-5-2/h11-12,16H,4-10H2,1-3H3. The van der Waals surface area contributed by atoms with Gasteiger partial charge in [-0.1, -0.05) is 6.92 Å². The third-order valence-electron chi connectivity index (χ3n) is 3.43. The Morgan fingerprint density at radius 3 is 2.72 bits per heavy atom. The fourth-order valence-corrected chi connectivity index (χ4v) is 2.48. The lowest BCUT2D eigenvalue weighted by Gasteiger charge is -2.39. The summed E-state index contributed by atoms with van der Waals surface area (Å²) in [5, 5.41) is 9.85. The highest BCUT2D eigenvalue weighted by Gasteiger charge is 2.24. The molecule has 2 atom stereocenters. The Labute approximate surface area is 110 Å². The van der Waals surface area contributed by atoms with Crippen LogP contribution in [0.1, 0.15) is 27.2 Å². The quantitative estimate of drug-likeness (QED) is 0.696. The van der Waals surface area contributed by atoms with Crippen LogP contribution < -0.4 is 0 Å². The molecule has 1 heterocycles. The minimum Gasteiger partial charge on any atom is -0.466 e. The molecule has 0 amide bonds. The summed E-state index contributed by atoms with van der Waals surface area (Å²) in [5.74, 6) is -0.315. The Kier molecular flexibility index (Phi) is 6.60. The lowest BCUT2D eigenvalue weighted by molar-refractivity contribution is -0.145. The van der Waals surface area contributed by atoms with E-state index in [1.807, 2.05) is 0 Å². The summed E-state index contributed by atoms with van der Waals surface area (Å²) in [7, 11) is 0. The predicted molar refractivity (Wildman–Crippen MR) is 70.4 cm³/mol. The van der Waals surface area contributed by atoms with Gasteiger partial charge in [-0.15, -0.1) is 0 Å². The smallest absolute Gasteiger partial charge is 0.308 e. The highest BCUT2D eigenvalue weighted by molar-refractivity contribution is 5.69. The zero-order valence-electron chi connectivity index (χ0n) is 11.8. The number of hydrogen-bond acceptors (Lipinski definition) is 5. The molecule has 0 bridgehead atoms.